The van der Waals surface area contributed by atoms with Crippen LogP contribution in [0.5, 0.6) is 0 Å². The van der Waals surface area contributed by atoms with E-state index in [1.54, 1.807) is 0 Å². The minimum absolute atomic E-state index is 0.0644. The molecule has 0 radical (unpaired) electrons. The quantitative estimate of drug-likeness (QED) is 0.736. The lowest BCUT2D eigenvalue weighted by atomic mass is 10.1. The van der Waals surface area contributed by atoms with Crippen LogP contribution in [0, 0.1) is 0 Å². The van der Waals surface area contributed by atoms with Gasteiger partial charge in [-0.1, -0.05) is 36.4 Å². The zero-order chi connectivity index (χ0) is 15.9. The van der Waals surface area contributed by atoms with Crippen molar-refractivity contribution in [3.63, 3.8) is 0 Å². The molecule has 2 rings (SSSR count). The van der Waals surface area contributed by atoms with Crippen molar-refractivity contribution in [3.05, 3.63) is 42.5 Å². The summed E-state index contributed by atoms with van der Waals surface area (Å²) < 4.78 is 0. The van der Waals surface area contributed by atoms with Crippen molar-refractivity contribution in [2.45, 2.75) is 31.7 Å². The summed E-state index contributed by atoms with van der Waals surface area (Å²) in [5.41, 5.74) is 4.29. The molecule has 0 bridgehead atoms. The molecule has 5 nitrogen and oxygen atoms in total. The van der Waals surface area contributed by atoms with E-state index in [0.29, 0.717) is 25.7 Å². The molecule has 4 N–H and O–H groups in total. The Morgan fingerprint density at radius 2 is 1.82 bits per heavy atom. The first-order valence-corrected chi connectivity index (χ1v) is 7.39. The number of rotatable bonds is 7. The fraction of sp³-hybridized carbons (Fsp3) is 0.294. The Morgan fingerprint density at radius 3 is 2.59 bits per heavy atom. The van der Waals surface area contributed by atoms with Gasteiger partial charge in [0.05, 0.1) is 5.97 Å². The van der Waals surface area contributed by atoms with Crippen LogP contribution in [-0.4, -0.2) is 17.9 Å². The zero-order valence-electron chi connectivity index (χ0n) is 12.4. The third-order valence-corrected chi connectivity index (χ3v) is 3.60. The van der Waals surface area contributed by atoms with Crippen LogP contribution in [0.15, 0.2) is 42.5 Å². The second-order valence-corrected chi connectivity index (χ2v) is 5.34. The summed E-state index contributed by atoms with van der Waals surface area (Å²) in [6, 6.07) is 12.9. The number of hydrogen-bond donors (Lipinski definition) is 2. The Balaban J connectivity index is 1.85. The number of unbranched alkanes of at least 4 members (excludes halogenated alkanes) is 1. The van der Waals surface area contributed by atoms with Gasteiger partial charge in [0.15, 0.2) is 0 Å². The monoisotopic (exact) mass is 300 g/mol. The number of benzene rings is 2. The van der Waals surface area contributed by atoms with Gasteiger partial charge < -0.3 is 21.0 Å². The van der Waals surface area contributed by atoms with Crippen LogP contribution in [0.3, 0.4) is 0 Å². The molecule has 116 valence electrons. The molecule has 1 atom stereocenters. The largest absolute Gasteiger partial charge is 0.544 e. The first-order valence-electron chi connectivity index (χ1n) is 7.39. The summed E-state index contributed by atoms with van der Waals surface area (Å²) in [7, 11) is 0. The number of anilines is 1. The lowest BCUT2D eigenvalue weighted by molar-refractivity contribution is -0.438. The van der Waals surface area contributed by atoms with Crippen molar-refractivity contribution in [3.8, 4) is 0 Å². The Labute approximate surface area is 129 Å². The Morgan fingerprint density at radius 1 is 1.09 bits per heavy atom. The summed E-state index contributed by atoms with van der Waals surface area (Å²) in [6.07, 6.45) is 2.08. The highest BCUT2D eigenvalue weighted by atomic mass is 16.4. The Kier molecular flexibility index (Phi) is 5.49. The van der Waals surface area contributed by atoms with E-state index in [-0.39, 0.29) is 5.91 Å². The van der Waals surface area contributed by atoms with Crippen molar-refractivity contribution in [1.29, 1.82) is 0 Å². The van der Waals surface area contributed by atoms with Gasteiger partial charge in [0.1, 0.15) is 6.04 Å². The number of carbonyl (C=O) groups excluding carboxylic acids is 2. The summed E-state index contributed by atoms with van der Waals surface area (Å²) in [5.74, 6) is -1.20. The maximum absolute atomic E-state index is 12.0. The summed E-state index contributed by atoms with van der Waals surface area (Å²) in [4.78, 5) is 22.5. The lowest BCUT2D eigenvalue weighted by Gasteiger charge is -2.10. The van der Waals surface area contributed by atoms with Crippen molar-refractivity contribution < 1.29 is 20.4 Å². The molecule has 0 fully saturated rings. The van der Waals surface area contributed by atoms with Crippen molar-refractivity contribution in [2.24, 2.45) is 0 Å². The molecule has 0 aliphatic carbocycles. The van der Waals surface area contributed by atoms with Crippen molar-refractivity contribution >= 4 is 28.3 Å². The van der Waals surface area contributed by atoms with E-state index in [2.05, 4.69) is 11.1 Å². The summed E-state index contributed by atoms with van der Waals surface area (Å²) in [5, 5.41) is 15.5. The van der Waals surface area contributed by atoms with Crippen LogP contribution in [0.4, 0.5) is 5.69 Å². The molecule has 0 aromatic heterocycles. The third kappa shape index (κ3) is 4.30. The van der Waals surface area contributed by atoms with E-state index >= 15 is 0 Å². The predicted molar refractivity (Wildman–Crippen MR) is 82.7 cm³/mol. The number of carboxylic acids is 1. The van der Waals surface area contributed by atoms with Crippen LogP contribution in [-0.2, 0) is 9.59 Å². The third-order valence-electron chi connectivity index (χ3n) is 3.60. The minimum Gasteiger partial charge on any atom is -0.544 e. The van der Waals surface area contributed by atoms with E-state index in [4.69, 9.17) is 0 Å². The number of carbonyl (C=O) groups is 2. The molecule has 0 unspecified atom stereocenters. The van der Waals surface area contributed by atoms with Gasteiger partial charge in [-0.2, -0.15) is 0 Å². The zero-order valence-corrected chi connectivity index (χ0v) is 12.4. The number of quaternary nitrogens is 1. The van der Waals surface area contributed by atoms with Crippen LogP contribution >= 0.6 is 0 Å². The molecular formula is C17H20N2O3. The van der Waals surface area contributed by atoms with Crippen LogP contribution in [0.25, 0.3) is 10.8 Å². The molecule has 0 spiro atoms. The van der Waals surface area contributed by atoms with Crippen molar-refractivity contribution in [2.75, 3.05) is 5.32 Å². The molecule has 0 heterocycles. The number of carboxylic acid groups (broad SMARTS) is 1. The maximum atomic E-state index is 12.0. The van der Waals surface area contributed by atoms with Gasteiger partial charge in [-0.05, 0) is 24.3 Å². The van der Waals surface area contributed by atoms with Gasteiger partial charge in [-0.3, -0.25) is 4.79 Å². The Hall–Kier alpha value is -2.40. The average molecular weight is 300 g/mol. The van der Waals surface area contributed by atoms with Crippen LogP contribution < -0.4 is 16.2 Å². The minimum atomic E-state index is -1.14. The van der Waals surface area contributed by atoms with Crippen LogP contribution in [0.1, 0.15) is 25.7 Å². The fourth-order valence-corrected chi connectivity index (χ4v) is 2.34. The number of nitrogens with one attached hydrogen (secondary N) is 1. The highest BCUT2D eigenvalue weighted by molar-refractivity contribution is 6.02. The van der Waals surface area contributed by atoms with Gasteiger partial charge >= 0.3 is 0 Å². The average Bonchev–Trinajstić information content (AvgIpc) is 2.51. The van der Waals surface area contributed by atoms with E-state index < -0.39 is 12.0 Å². The van der Waals surface area contributed by atoms with E-state index in [9.17, 15) is 14.7 Å². The smallest absolute Gasteiger partial charge is 0.224 e. The number of fused-ring (bicyclic) bond motifs is 1. The molecule has 5 heteroatoms. The number of amides is 1. The lowest BCUT2D eigenvalue weighted by Crippen LogP contribution is -2.68. The normalized spacial score (nSPS) is 12.0. The molecule has 2 aromatic carbocycles. The maximum Gasteiger partial charge on any atom is 0.224 e. The van der Waals surface area contributed by atoms with Gasteiger partial charge in [-0.25, -0.2) is 0 Å². The topological polar surface area (TPSA) is 96.9 Å². The Bertz CT molecular complexity index is 665. The molecular weight excluding hydrogens is 280 g/mol. The van der Waals surface area contributed by atoms with E-state index in [1.165, 1.54) is 0 Å². The van der Waals surface area contributed by atoms with Gasteiger partial charge in [-0.15, -0.1) is 0 Å². The molecule has 22 heavy (non-hydrogen) atoms. The molecule has 2 aromatic rings. The predicted octanol–water partition coefficient (Wildman–Crippen LogP) is 0.699. The first-order chi connectivity index (χ1) is 10.6. The summed E-state index contributed by atoms with van der Waals surface area (Å²) >= 11 is 0. The molecule has 1 amide bonds. The standard InChI is InChI=1S/C17H20N2O3/c18-14(17(21)22)9-3-4-11-16(20)19-15-10-5-7-12-6-1-2-8-13(12)15/h1-2,5-8,10,14H,3-4,9,11,18H2,(H,19,20)(H,21,22)/t14-/m0/s1. The highest BCUT2D eigenvalue weighted by Crippen LogP contribution is 2.23. The number of aliphatic carboxylic acids is 1. The van der Waals surface area contributed by atoms with E-state index in [1.807, 2.05) is 42.5 Å². The molecule has 0 aliphatic rings. The second kappa shape index (κ2) is 7.56. The van der Waals surface area contributed by atoms with Gasteiger partial charge in [0.2, 0.25) is 5.91 Å². The van der Waals surface area contributed by atoms with E-state index in [0.717, 1.165) is 16.5 Å². The van der Waals surface area contributed by atoms with Gasteiger partial charge in [0.25, 0.3) is 0 Å². The highest BCUT2D eigenvalue weighted by Gasteiger charge is 2.08. The molecule has 0 saturated heterocycles. The second-order valence-electron chi connectivity index (χ2n) is 5.34. The molecule has 0 aliphatic heterocycles. The summed E-state index contributed by atoms with van der Waals surface area (Å²) in [6.45, 7) is 0. The first kappa shape index (κ1) is 16.0. The fourth-order valence-electron chi connectivity index (χ4n) is 2.34. The molecule has 0 saturated carbocycles. The van der Waals surface area contributed by atoms with Crippen LogP contribution in [0.2, 0.25) is 0 Å². The van der Waals surface area contributed by atoms with Gasteiger partial charge in [0, 0.05) is 23.9 Å². The van der Waals surface area contributed by atoms with Crippen molar-refractivity contribution in [1.82, 2.24) is 0 Å². The number of hydrogen-bond acceptors (Lipinski definition) is 3. The SMILES string of the molecule is [NH3+][C@@H](CCCCC(=O)Nc1cccc2ccccc12)C(=O)[O-].